The number of unbranched alkanes of at least 4 members (excludes halogenated alkanes) is 1. The first kappa shape index (κ1) is 64.3. The van der Waals surface area contributed by atoms with Crippen molar-refractivity contribution in [2.75, 3.05) is 26.2 Å². The summed E-state index contributed by atoms with van der Waals surface area (Å²) >= 11 is 0. The van der Waals surface area contributed by atoms with Gasteiger partial charge in [0.15, 0.2) is 0 Å². The standard InChI is InChI=1S/C44H73N15O15/c1-21(2)13-29(58-39(68)26(46)14-25-16-48-20-52-25)40(69)51-17-32(61)49-18-33(62)53-24(6)38(67)56-27(9-7-8-12-45)42(71)57-28(10-11-31(47)60)41(70)54-23(5)37(66)50-19-34(63)55-30(15-35(64)65)43(72)59-36(22(3)4)44(73)74/h16,20-24,26-30,36H,7-15,17-19,45-46H2,1-6H3,(H2,47,60)(H,48,52)(H,49,61)(H,50,66)(H,51,69)(H,53,62)(H,54,70)(H,55,63)(H,56,67)(H,57,71)(H,58,68)(H,59,72)(H,64,65)(H,73,74)/t23-,24-,26-,27-,28-,29-,30-,36-/m0/s1. The molecule has 0 saturated heterocycles. The highest BCUT2D eigenvalue weighted by atomic mass is 16.4. The molecule has 19 N–H and O–H groups in total. The van der Waals surface area contributed by atoms with Gasteiger partial charge in [-0.1, -0.05) is 27.7 Å². The first-order valence-corrected chi connectivity index (χ1v) is 23.7. The van der Waals surface area contributed by atoms with Crippen LogP contribution < -0.4 is 70.4 Å². The van der Waals surface area contributed by atoms with Gasteiger partial charge in [-0.2, -0.15) is 0 Å². The zero-order valence-electron chi connectivity index (χ0n) is 42.3. The van der Waals surface area contributed by atoms with E-state index in [0.717, 1.165) is 0 Å². The van der Waals surface area contributed by atoms with Gasteiger partial charge in [-0.25, -0.2) is 9.78 Å². The molecule has 0 aliphatic heterocycles. The Bertz CT molecular complexity index is 2120. The van der Waals surface area contributed by atoms with Gasteiger partial charge in [-0.15, -0.1) is 0 Å². The lowest BCUT2D eigenvalue weighted by Crippen LogP contribution is -2.58. The molecule has 0 unspecified atom stereocenters. The van der Waals surface area contributed by atoms with Crippen LogP contribution in [0, 0.1) is 11.8 Å². The Morgan fingerprint density at radius 1 is 0.595 bits per heavy atom. The fraction of sp³-hybridized carbons (Fsp3) is 0.636. The van der Waals surface area contributed by atoms with E-state index in [1.165, 1.54) is 34.0 Å². The predicted molar refractivity (Wildman–Crippen MR) is 260 cm³/mol. The minimum Gasteiger partial charge on any atom is -0.481 e. The number of carbonyl (C=O) groups excluding carboxylic acids is 11. The number of rotatable bonds is 35. The van der Waals surface area contributed by atoms with Crippen LogP contribution in [0.5, 0.6) is 0 Å². The van der Waals surface area contributed by atoms with E-state index < -0.39 is 164 Å². The molecule has 11 amide bonds. The lowest BCUT2D eigenvalue weighted by atomic mass is 10.0. The normalized spacial score (nSPS) is 14.2. The summed E-state index contributed by atoms with van der Waals surface area (Å²) in [6, 6.07) is -10.8. The number of nitrogens with zero attached hydrogens (tertiary/aromatic N) is 1. The van der Waals surface area contributed by atoms with Crippen molar-refractivity contribution in [3.63, 3.8) is 0 Å². The maximum atomic E-state index is 13.7. The van der Waals surface area contributed by atoms with Crippen molar-refractivity contribution >= 4 is 76.9 Å². The van der Waals surface area contributed by atoms with Crippen molar-refractivity contribution in [3.8, 4) is 0 Å². The average Bonchev–Trinajstić information content (AvgIpc) is 3.83. The summed E-state index contributed by atoms with van der Waals surface area (Å²) in [5.74, 6) is -13.2. The number of carbonyl (C=O) groups is 13. The van der Waals surface area contributed by atoms with Gasteiger partial charge in [-0.3, -0.25) is 57.5 Å². The van der Waals surface area contributed by atoms with Crippen LogP contribution >= 0.6 is 0 Å². The number of H-pyrrole nitrogens is 1. The number of aromatic nitrogens is 2. The molecule has 8 atom stereocenters. The van der Waals surface area contributed by atoms with E-state index in [1.807, 2.05) is 13.8 Å². The number of carboxylic acid groups (broad SMARTS) is 2. The lowest BCUT2D eigenvalue weighted by Gasteiger charge is -2.25. The van der Waals surface area contributed by atoms with E-state index in [1.54, 1.807) is 6.20 Å². The molecule has 0 spiro atoms. The Morgan fingerprint density at radius 3 is 1.70 bits per heavy atom. The molecule has 74 heavy (non-hydrogen) atoms. The Balaban J connectivity index is 2.90. The van der Waals surface area contributed by atoms with Crippen LogP contribution in [-0.2, 0) is 68.7 Å². The van der Waals surface area contributed by atoms with E-state index in [2.05, 4.69) is 63.1 Å². The van der Waals surface area contributed by atoms with E-state index >= 15 is 0 Å². The third kappa shape index (κ3) is 25.6. The van der Waals surface area contributed by atoms with E-state index in [-0.39, 0.29) is 38.1 Å². The first-order valence-electron chi connectivity index (χ1n) is 23.7. The van der Waals surface area contributed by atoms with Gasteiger partial charge in [0.2, 0.25) is 65.0 Å². The van der Waals surface area contributed by atoms with Gasteiger partial charge in [0.25, 0.3) is 0 Å². The minimum absolute atomic E-state index is 0.0192. The number of aromatic amines is 1. The molecule has 0 fully saturated rings. The number of carboxylic acids is 2. The highest BCUT2D eigenvalue weighted by molar-refractivity contribution is 5.98. The number of nitrogens with two attached hydrogens (primary N) is 3. The summed E-state index contributed by atoms with van der Waals surface area (Å²) in [5.41, 5.74) is 17.5. The summed E-state index contributed by atoms with van der Waals surface area (Å²) in [4.78, 5) is 171. The number of nitrogens with one attached hydrogen (secondary N) is 11. The molecule has 0 saturated carbocycles. The molecular formula is C44H73N15O15. The second-order valence-electron chi connectivity index (χ2n) is 18.0. The number of hydrogen-bond acceptors (Lipinski definition) is 16. The highest BCUT2D eigenvalue weighted by Gasteiger charge is 2.33. The quantitative estimate of drug-likeness (QED) is 0.0281. The molecule has 0 aliphatic carbocycles. The molecule has 1 heterocycles. The van der Waals surface area contributed by atoms with Crippen molar-refractivity contribution in [2.24, 2.45) is 29.0 Å². The van der Waals surface area contributed by atoms with E-state index in [4.69, 9.17) is 17.2 Å². The molecular weight excluding hydrogens is 979 g/mol. The van der Waals surface area contributed by atoms with E-state index in [9.17, 15) is 72.5 Å². The van der Waals surface area contributed by atoms with Gasteiger partial charge < -0.3 is 85.6 Å². The molecule has 1 aromatic heterocycles. The molecule has 0 aliphatic rings. The molecule has 0 bridgehead atoms. The Morgan fingerprint density at radius 2 is 1.14 bits per heavy atom. The second kappa shape index (κ2) is 33.1. The Kier molecular flexibility index (Phi) is 28.7. The summed E-state index contributed by atoms with van der Waals surface area (Å²) < 4.78 is 0. The van der Waals surface area contributed by atoms with Gasteiger partial charge in [0.1, 0.15) is 42.3 Å². The summed E-state index contributed by atoms with van der Waals surface area (Å²) in [6.07, 6.45) is 2.29. The number of hydrogen-bond donors (Lipinski definition) is 16. The molecule has 414 valence electrons. The SMILES string of the molecule is CC(C)C[C@H](NC(=O)[C@@H](N)Cc1c[nH]cn1)C(=O)NCC(=O)NCC(=O)N[C@@H](C)C(=O)N[C@@H](CCCCN)C(=O)N[C@@H](CCC(N)=O)C(=O)N[C@@H](C)C(=O)NCC(=O)N[C@@H](CC(=O)O)C(=O)N[C@H](C(=O)O)C(C)C. The molecule has 1 aromatic rings. The van der Waals surface area contributed by atoms with Crippen LogP contribution in [0.25, 0.3) is 0 Å². The van der Waals surface area contributed by atoms with Crippen LogP contribution in [0.4, 0.5) is 0 Å². The maximum absolute atomic E-state index is 13.7. The molecule has 30 nitrogen and oxygen atoms in total. The van der Waals surface area contributed by atoms with Crippen LogP contribution in [0.2, 0.25) is 0 Å². The van der Waals surface area contributed by atoms with Crippen molar-refractivity contribution in [3.05, 3.63) is 18.2 Å². The van der Waals surface area contributed by atoms with Gasteiger partial charge in [0.05, 0.1) is 44.1 Å². The number of primary amides is 1. The summed E-state index contributed by atoms with van der Waals surface area (Å²) in [5, 5.41) is 42.0. The topological polar surface area (TPSA) is 489 Å². The van der Waals surface area contributed by atoms with Gasteiger partial charge in [0, 0.05) is 19.0 Å². The monoisotopic (exact) mass is 1050 g/mol. The van der Waals surface area contributed by atoms with Gasteiger partial charge >= 0.3 is 11.9 Å². The predicted octanol–water partition coefficient (Wildman–Crippen LogP) is -6.28. The molecule has 30 heteroatoms. The smallest absolute Gasteiger partial charge is 0.326 e. The van der Waals surface area contributed by atoms with Gasteiger partial charge in [-0.05, 0) is 64.3 Å². The fourth-order valence-electron chi connectivity index (χ4n) is 6.57. The van der Waals surface area contributed by atoms with Crippen LogP contribution in [-0.4, -0.2) is 172 Å². The fourth-order valence-corrected chi connectivity index (χ4v) is 6.57. The largest absolute Gasteiger partial charge is 0.481 e. The Hall–Kier alpha value is -7.76. The average molecular weight is 1050 g/mol. The summed E-state index contributed by atoms with van der Waals surface area (Å²) in [6.45, 7) is 7.28. The molecule has 0 radical (unpaired) electrons. The first-order chi connectivity index (χ1) is 34.6. The number of amides is 11. The molecule has 1 rings (SSSR count). The third-order valence-corrected chi connectivity index (χ3v) is 10.6. The van der Waals surface area contributed by atoms with E-state index in [0.29, 0.717) is 18.5 Å². The maximum Gasteiger partial charge on any atom is 0.326 e. The zero-order chi connectivity index (χ0) is 56.2. The summed E-state index contributed by atoms with van der Waals surface area (Å²) in [7, 11) is 0. The molecule has 0 aromatic carbocycles. The number of imidazole rings is 1. The van der Waals surface area contributed by atoms with Crippen molar-refractivity contribution in [1.29, 1.82) is 0 Å². The van der Waals surface area contributed by atoms with Crippen molar-refractivity contribution in [1.82, 2.24) is 63.1 Å². The zero-order valence-corrected chi connectivity index (χ0v) is 42.3. The minimum atomic E-state index is -1.73. The van der Waals surface area contributed by atoms with Crippen LogP contribution in [0.3, 0.4) is 0 Å². The second-order valence-corrected chi connectivity index (χ2v) is 18.0. The highest BCUT2D eigenvalue weighted by Crippen LogP contribution is 2.08. The van der Waals surface area contributed by atoms with Crippen molar-refractivity contribution in [2.45, 2.75) is 141 Å². The third-order valence-electron chi connectivity index (χ3n) is 10.6. The lowest BCUT2D eigenvalue weighted by molar-refractivity contribution is -0.144. The Labute approximate surface area is 426 Å². The van der Waals surface area contributed by atoms with Crippen molar-refractivity contribution < 1.29 is 72.5 Å². The number of aliphatic carboxylic acids is 2. The van der Waals surface area contributed by atoms with Crippen LogP contribution in [0.15, 0.2) is 12.5 Å². The van der Waals surface area contributed by atoms with Crippen LogP contribution in [0.1, 0.15) is 92.2 Å².